The lowest BCUT2D eigenvalue weighted by Crippen LogP contribution is -2.23. The Kier molecular flexibility index (Phi) is 2.09. The lowest BCUT2D eigenvalue weighted by atomic mass is 9.82. The maximum Gasteiger partial charge on any atom is 0.217 e. The molecule has 0 unspecified atom stereocenters. The van der Waals surface area contributed by atoms with Gasteiger partial charge in [0.2, 0.25) is 11.6 Å². The number of alkyl halides is 1. The summed E-state index contributed by atoms with van der Waals surface area (Å²) in [4.78, 5) is 15.9. The zero-order valence-corrected chi connectivity index (χ0v) is 9.19. The molecular weight excluding hydrogens is 209 g/mol. The van der Waals surface area contributed by atoms with Crippen LogP contribution < -0.4 is 0 Å². The highest BCUT2D eigenvalue weighted by molar-refractivity contribution is 5.94. The van der Waals surface area contributed by atoms with Crippen molar-refractivity contribution >= 4 is 5.78 Å². The third-order valence-electron chi connectivity index (χ3n) is 3.60. The molecule has 1 aromatic rings. The van der Waals surface area contributed by atoms with Crippen molar-refractivity contribution in [3.05, 3.63) is 11.6 Å². The maximum atomic E-state index is 13.5. The van der Waals surface area contributed by atoms with Crippen LogP contribution in [-0.4, -0.2) is 20.5 Å². The molecule has 1 aromatic heterocycles. The first-order valence-corrected chi connectivity index (χ1v) is 5.81. The van der Waals surface area contributed by atoms with E-state index in [4.69, 9.17) is 0 Å². The molecule has 5 heteroatoms. The molecule has 0 spiro atoms. The second-order valence-corrected chi connectivity index (χ2v) is 4.78. The van der Waals surface area contributed by atoms with E-state index in [-0.39, 0.29) is 23.6 Å². The zero-order chi connectivity index (χ0) is 11.3. The highest BCUT2D eigenvalue weighted by atomic mass is 19.1. The fourth-order valence-electron chi connectivity index (χ4n) is 2.34. The summed E-state index contributed by atoms with van der Waals surface area (Å²) < 4.78 is 15.1. The van der Waals surface area contributed by atoms with E-state index in [1.807, 2.05) is 6.92 Å². The molecule has 86 valence electrons. The highest BCUT2D eigenvalue weighted by Gasteiger charge is 2.35. The Morgan fingerprint density at radius 2 is 2.25 bits per heavy atom. The molecule has 0 aromatic carbocycles. The monoisotopic (exact) mass is 223 g/mol. The second kappa shape index (κ2) is 3.37. The van der Waals surface area contributed by atoms with E-state index in [0.29, 0.717) is 12.2 Å². The number of ketones is 1. The van der Waals surface area contributed by atoms with E-state index in [0.717, 1.165) is 19.3 Å². The van der Waals surface area contributed by atoms with E-state index in [1.54, 1.807) is 4.68 Å². The van der Waals surface area contributed by atoms with Crippen LogP contribution in [0.3, 0.4) is 0 Å². The molecule has 0 saturated heterocycles. The van der Waals surface area contributed by atoms with Gasteiger partial charge in [-0.1, -0.05) is 6.42 Å². The smallest absolute Gasteiger partial charge is 0.217 e. The van der Waals surface area contributed by atoms with Gasteiger partial charge in [0.15, 0.2) is 12.0 Å². The van der Waals surface area contributed by atoms with Gasteiger partial charge in [-0.3, -0.25) is 4.79 Å². The van der Waals surface area contributed by atoms with Crippen molar-refractivity contribution in [1.29, 1.82) is 0 Å². The van der Waals surface area contributed by atoms with Gasteiger partial charge in [-0.2, -0.15) is 0 Å². The number of carbonyl (C=O) groups excluding carboxylic acids is 1. The molecule has 0 N–H and O–H groups in total. The quantitative estimate of drug-likeness (QED) is 0.722. The molecule has 1 saturated carbocycles. The fraction of sp³-hybridized carbons (Fsp3) is 0.727. The molecule has 16 heavy (non-hydrogen) atoms. The van der Waals surface area contributed by atoms with Gasteiger partial charge >= 0.3 is 0 Å². The van der Waals surface area contributed by atoms with Gasteiger partial charge in [-0.25, -0.2) is 14.1 Å². The molecule has 3 rings (SSSR count). The SMILES string of the molecule is C[C@H]1C[C@@H](F)c2nc(C(=O)C3CCC3)nn21. The Hall–Kier alpha value is -1.26. The number of Topliss-reactive ketones (excluding diaryl/α,β-unsaturated/α-hetero) is 1. The van der Waals surface area contributed by atoms with Gasteiger partial charge < -0.3 is 0 Å². The molecule has 0 bridgehead atoms. The average Bonchev–Trinajstić information content (AvgIpc) is 2.67. The summed E-state index contributed by atoms with van der Waals surface area (Å²) in [5.74, 6) is 0.619. The van der Waals surface area contributed by atoms with Crippen molar-refractivity contribution in [3.63, 3.8) is 0 Å². The lowest BCUT2D eigenvalue weighted by Gasteiger charge is -2.22. The lowest BCUT2D eigenvalue weighted by molar-refractivity contribution is 0.0843. The number of fused-ring (bicyclic) bond motifs is 1. The van der Waals surface area contributed by atoms with Crippen LogP contribution in [-0.2, 0) is 0 Å². The minimum Gasteiger partial charge on any atom is -0.290 e. The van der Waals surface area contributed by atoms with E-state index in [2.05, 4.69) is 10.1 Å². The molecule has 0 amide bonds. The average molecular weight is 223 g/mol. The van der Waals surface area contributed by atoms with Crippen molar-refractivity contribution in [2.24, 2.45) is 5.92 Å². The third kappa shape index (κ3) is 1.30. The first-order valence-electron chi connectivity index (χ1n) is 5.81. The van der Waals surface area contributed by atoms with Crippen LogP contribution in [0.2, 0.25) is 0 Å². The molecule has 4 nitrogen and oxygen atoms in total. The Morgan fingerprint density at radius 3 is 2.81 bits per heavy atom. The molecular formula is C11H14FN3O. The Bertz CT molecular complexity index is 413. The summed E-state index contributed by atoms with van der Waals surface area (Å²) in [6.07, 6.45) is 2.32. The first kappa shape index (κ1) is 9.93. The third-order valence-corrected chi connectivity index (χ3v) is 3.60. The number of carbonyl (C=O) groups is 1. The number of hydrogen-bond acceptors (Lipinski definition) is 3. The van der Waals surface area contributed by atoms with Crippen LogP contribution in [0.25, 0.3) is 0 Å². The van der Waals surface area contributed by atoms with Gasteiger partial charge in [0.05, 0.1) is 6.04 Å². The number of hydrogen-bond donors (Lipinski definition) is 0. The number of halogens is 1. The summed E-state index contributed by atoms with van der Waals surface area (Å²) in [5, 5.41) is 4.14. The van der Waals surface area contributed by atoms with Crippen LogP contribution in [0, 0.1) is 5.92 Å². The highest BCUT2D eigenvalue weighted by Crippen LogP contribution is 2.36. The summed E-state index contributed by atoms with van der Waals surface area (Å²) in [5.41, 5.74) is 0. The van der Waals surface area contributed by atoms with Crippen LogP contribution in [0.4, 0.5) is 4.39 Å². The van der Waals surface area contributed by atoms with Gasteiger partial charge in [0.1, 0.15) is 0 Å². The van der Waals surface area contributed by atoms with Crippen molar-refractivity contribution in [2.75, 3.05) is 0 Å². The molecule has 1 aliphatic carbocycles. The summed E-state index contributed by atoms with van der Waals surface area (Å²) in [6, 6.07) is 0.0143. The minimum atomic E-state index is -1.06. The molecule has 2 aliphatic rings. The Labute approximate surface area is 92.9 Å². The Morgan fingerprint density at radius 1 is 1.50 bits per heavy atom. The van der Waals surface area contributed by atoms with E-state index >= 15 is 0 Å². The predicted octanol–water partition coefficient (Wildman–Crippen LogP) is 2.24. The van der Waals surface area contributed by atoms with E-state index < -0.39 is 6.17 Å². The molecule has 0 radical (unpaired) electrons. The topological polar surface area (TPSA) is 47.8 Å². The minimum absolute atomic E-state index is 0.00690. The van der Waals surface area contributed by atoms with Gasteiger partial charge in [-0.05, 0) is 19.8 Å². The van der Waals surface area contributed by atoms with Crippen molar-refractivity contribution < 1.29 is 9.18 Å². The number of nitrogens with zero attached hydrogens (tertiary/aromatic N) is 3. The van der Waals surface area contributed by atoms with Crippen LogP contribution in [0.1, 0.15) is 61.3 Å². The van der Waals surface area contributed by atoms with Gasteiger partial charge in [0, 0.05) is 12.3 Å². The Balaban J connectivity index is 1.90. The largest absolute Gasteiger partial charge is 0.290 e. The molecule has 2 atom stereocenters. The van der Waals surface area contributed by atoms with Crippen LogP contribution >= 0.6 is 0 Å². The zero-order valence-electron chi connectivity index (χ0n) is 9.19. The van der Waals surface area contributed by atoms with Gasteiger partial charge in [-0.15, -0.1) is 5.10 Å². The number of aromatic nitrogens is 3. The molecule has 2 heterocycles. The molecule has 1 aliphatic heterocycles. The maximum absolute atomic E-state index is 13.5. The standard InChI is InChI=1S/C11H14FN3O/c1-6-5-8(12)11-13-10(14-15(6)11)9(16)7-3-2-4-7/h6-8H,2-5H2,1H3/t6-,8+/m0/s1. The normalized spacial score (nSPS) is 28.9. The molecule has 1 fully saturated rings. The summed E-state index contributed by atoms with van der Waals surface area (Å²) >= 11 is 0. The predicted molar refractivity (Wildman–Crippen MR) is 54.9 cm³/mol. The van der Waals surface area contributed by atoms with Crippen molar-refractivity contribution in [2.45, 2.75) is 44.8 Å². The van der Waals surface area contributed by atoms with Crippen molar-refractivity contribution in [3.8, 4) is 0 Å². The fourth-order valence-corrected chi connectivity index (χ4v) is 2.34. The van der Waals surface area contributed by atoms with E-state index in [1.165, 1.54) is 0 Å². The van der Waals surface area contributed by atoms with Gasteiger partial charge in [0.25, 0.3) is 0 Å². The van der Waals surface area contributed by atoms with Crippen molar-refractivity contribution in [1.82, 2.24) is 14.8 Å². The van der Waals surface area contributed by atoms with E-state index in [9.17, 15) is 9.18 Å². The summed E-state index contributed by atoms with van der Waals surface area (Å²) in [6.45, 7) is 1.90. The first-order chi connectivity index (χ1) is 7.66. The van der Waals surface area contributed by atoms with Crippen LogP contribution in [0.15, 0.2) is 0 Å². The number of rotatable bonds is 2. The summed E-state index contributed by atoms with van der Waals surface area (Å²) in [7, 11) is 0. The van der Waals surface area contributed by atoms with Crippen LogP contribution in [0.5, 0.6) is 0 Å². The second-order valence-electron chi connectivity index (χ2n) is 4.78.